The first-order valence-corrected chi connectivity index (χ1v) is 7.27. The Kier molecular flexibility index (Phi) is 4.39. The van der Waals surface area contributed by atoms with Crippen LogP contribution in [0.3, 0.4) is 0 Å². The van der Waals surface area contributed by atoms with Crippen LogP contribution in [0.2, 0.25) is 0 Å². The van der Waals surface area contributed by atoms with Crippen molar-refractivity contribution in [3.05, 3.63) is 29.4 Å². The minimum Gasteiger partial charge on any atom is -0.370 e. The summed E-state index contributed by atoms with van der Waals surface area (Å²) >= 11 is 3.43. The fraction of sp³-hybridized carbons (Fsp3) is 0.333. The standard InChI is InChI=1S/C12H15N3S2/c1-3-6-13-11-9(2)12(15-8-14-11)17-10-5-4-7-16-10/h4-5,7-8H,3,6H2,1-2H3,(H,13,14,15). The van der Waals surface area contributed by atoms with Gasteiger partial charge in [-0.15, -0.1) is 11.3 Å². The zero-order valence-electron chi connectivity index (χ0n) is 9.93. The molecule has 0 aliphatic carbocycles. The van der Waals surface area contributed by atoms with E-state index in [1.54, 1.807) is 29.4 Å². The summed E-state index contributed by atoms with van der Waals surface area (Å²) in [5, 5.41) is 6.43. The lowest BCUT2D eigenvalue weighted by atomic mass is 10.3. The van der Waals surface area contributed by atoms with Crippen LogP contribution in [0, 0.1) is 6.92 Å². The van der Waals surface area contributed by atoms with E-state index in [4.69, 9.17) is 0 Å². The Morgan fingerprint density at radius 2 is 2.29 bits per heavy atom. The number of hydrogen-bond donors (Lipinski definition) is 1. The monoisotopic (exact) mass is 265 g/mol. The molecule has 2 rings (SSSR count). The van der Waals surface area contributed by atoms with Crippen LogP contribution in [0.5, 0.6) is 0 Å². The predicted octanol–water partition coefficient (Wildman–Crippen LogP) is 3.82. The third-order valence-electron chi connectivity index (χ3n) is 2.27. The van der Waals surface area contributed by atoms with Crippen LogP contribution in [-0.4, -0.2) is 16.5 Å². The first-order chi connectivity index (χ1) is 8.31. The summed E-state index contributed by atoms with van der Waals surface area (Å²) < 4.78 is 1.26. The van der Waals surface area contributed by atoms with E-state index < -0.39 is 0 Å². The normalized spacial score (nSPS) is 10.5. The van der Waals surface area contributed by atoms with E-state index in [9.17, 15) is 0 Å². The van der Waals surface area contributed by atoms with Gasteiger partial charge in [0, 0.05) is 12.1 Å². The first kappa shape index (κ1) is 12.4. The molecule has 0 radical (unpaired) electrons. The zero-order chi connectivity index (χ0) is 12.1. The molecule has 0 atom stereocenters. The molecule has 0 saturated carbocycles. The summed E-state index contributed by atoms with van der Waals surface area (Å²) in [5.74, 6) is 0.945. The number of nitrogens with zero attached hydrogens (tertiary/aromatic N) is 2. The molecule has 0 aromatic carbocycles. The quantitative estimate of drug-likeness (QED) is 0.834. The second-order valence-electron chi connectivity index (χ2n) is 3.61. The maximum atomic E-state index is 4.34. The predicted molar refractivity (Wildman–Crippen MR) is 74.0 cm³/mol. The molecule has 0 fully saturated rings. The first-order valence-electron chi connectivity index (χ1n) is 5.58. The van der Waals surface area contributed by atoms with E-state index in [1.807, 2.05) is 0 Å². The van der Waals surface area contributed by atoms with Gasteiger partial charge in [0.25, 0.3) is 0 Å². The van der Waals surface area contributed by atoms with E-state index in [0.717, 1.165) is 29.4 Å². The Morgan fingerprint density at radius 3 is 3.00 bits per heavy atom. The van der Waals surface area contributed by atoms with E-state index in [-0.39, 0.29) is 0 Å². The molecule has 0 saturated heterocycles. The maximum absolute atomic E-state index is 4.34. The van der Waals surface area contributed by atoms with Gasteiger partial charge in [-0.25, -0.2) is 9.97 Å². The topological polar surface area (TPSA) is 37.8 Å². The van der Waals surface area contributed by atoms with Gasteiger partial charge in [0.15, 0.2) is 0 Å². The van der Waals surface area contributed by atoms with Crippen molar-refractivity contribution >= 4 is 28.9 Å². The summed E-state index contributed by atoms with van der Waals surface area (Å²) in [4.78, 5) is 8.61. The second-order valence-corrected chi connectivity index (χ2v) is 5.85. The Labute approximate surface area is 110 Å². The number of hydrogen-bond acceptors (Lipinski definition) is 5. The molecular weight excluding hydrogens is 250 g/mol. The van der Waals surface area contributed by atoms with Crippen LogP contribution in [0.25, 0.3) is 0 Å². The zero-order valence-corrected chi connectivity index (χ0v) is 11.6. The molecule has 0 spiro atoms. The molecule has 0 bridgehead atoms. The highest BCUT2D eigenvalue weighted by Gasteiger charge is 2.08. The highest BCUT2D eigenvalue weighted by atomic mass is 32.2. The molecule has 5 heteroatoms. The molecule has 0 unspecified atom stereocenters. The minimum absolute atomic E-state index is 0.945. The van der Waals surface area contributed by atoms with Crippen LogP contribution in [0.15, 0.2) is 33.1 Å². The van der Waals surface area contributed by atoms with Gasteiger partial charge in [-0.1, -0.05) is 24.8 Å². The lowest BCUT2D eigenvalue weighted by Gasteiger charge is -2.09. The Hall–Kier alpha value is -1.07. The fourth-order valence-electron chi connectivity index (χ4n) is 1.38. The number of anilines is 1. The van der Waals surface area contributed by atoms with Gasteiger partial charge in [-0.3, -0.25) is 0 Å². The lowest BCUT2D eigenvalue weighted by molar-refractivity contribution is 0.939. The third kappa shape index (κ3) is 3.20. The SMILES string of the molecule is CCCNc1ncnc(Sc2cccs2)c1C. The average molecular weight is 265 g/mol. The molecule has 0 aliphatic heterocycles. The van der Waals surface area contributed by atoms with Crippen LogP contribution in [0.1, 0.15) is 18.9 Å². The van der Waals surface area contributed by atoms with Crippen molar-refractivity contribution in [2.24, 2.45) is 0 Å². The maximum Gasteiger partial charge on any atom is 0.133 e. The van der Waals surface area contributed by atoms with Gasteiger partial charge in [-0.2, -0.15) is 0 Å². The molecule has 17 heavy (non-hydrogen) atoms. The van der Waals surface area contributed by atoms with E-state index >= 15 is 0 Å². The molecule has 0 aliphatic rings. The second kappa shape index (κ2) is 6.02. The van der Waals surface area contributed by atoms with Gasteiger partial charge < -0.3 is 5.32 Å². The summed E-state index contributed by atoms with van der Waals surface area (Å²) in [6, 6.07) is 4.16. The Morgan fingerprint density at radius 1 is 1.41 bits per heavy atom. The van der Waals surface area contributed by atoms with Gasteiger partial charge in [0.05, 0.1) is 4.21 Å². The summed E-state index contributed by atoms with van der Waals surface area (Å²) in [5.41, 5.74) is 1.12. The summed E-state index contributed by atoms with van der Waals surface area (Å²) in [6.07, 6.45) is 2.72. The average Bonchev–Trinajstić information content (AvgIpc) is 2.83. The highest BCUT2D eigenvalue weighted by Crippen LogP contribution is 2.33. The fourth-order valence-corrected chi connectivity index (χ4v) is 3.11. The minimum atomic E-state index is 0.945. The lowest BCUT2D eigenvalue weighted by Crippen LogP contribution is -2.05. The van der Waals surface area contributed by atoms with Crippen molar-refractivity contribution in [1.82, 2.24) is 9.97 Å². The van der Waals surface area contributed by atoms with Gasteiger partial charge >= 0.3 is 0 Å². The summed E-state index contributed by atoms with van der Waals surface area (Å²) in [7, 11) is 0. The van der Waals surface area contributed by atoms with Crippen LogP contribution >= 0.6 is 23.1 Å². The van der Waals surface area contributed by atoms with Crippen molar-refractivity contribution in [2.45, 2.75) is 29.5 Å². The van der Waals surface area contributed by atoms with Crippen LogP contribution < -0.4 is 5.32 Å². The smallest absolute Gasteiger partial charge is 0.133 e. The van der Waals surface area contributed by atoms with Crippen molar-refractivity contribution in [3.63, 3.8) is 0 Å². The number of nitrogens with one attached hydrogen (secondary N) is 1. The van der Waals surface area contributed by atoms with E-state index in [1.165, 1.54) is 4.21 Å². The molecule has 0 amide bonds. The number of thiophene rings is 1. The van der Waals surface area contributed by atoms with Gasteiger partial charge in [-0.05, 0) is 24.8 Å². The highest BCUT2D eigenvalue weighted by molar-refractivity contribution is 8.01. The van der Waals surface area contributed by atoms with Gasteiger partial charge in [0.1, 0.15) is 17.2 Å². The van der Waals surface area contributed by atoms with Crippen LogP contribution in [0.4, 0.5) is 5.82 Å². The van der Waals surface area contributed by atoms with Gasteiger partial charge in [0.2, 0.25) is 0 Å². The van der Waals surface area contributed by atoms with Crippen molar-refractivity contribution in [2.75, 3.05) is 11.9 Å². The van der Waals surface area contributed by atoms with Crippen molar-refractivity contribution in [1.29, 1.82) is 0 Å². The Bertz CT molecular complexity index is 469. The van der Waals surface area contributed by atoms with E-state index in [0.29, 0.717) is 0 Å². The molecule has 1 N–H and O–H groups in total. The molecule has 2 aromatic heterocycles. The number of aromatic nitrogens is 2. The molecule has 2 aromatic rings. The van der Waals surface area contributed by atoms with Crippen LogP contribution in [-0.2, 0) is 0 Å². The largest absolute Gasteiger partial charge is 0.370 e. The Balaban J connectivity index is 2.17. The number of rotatable bonds is 5. The molecule has 90 valence electrons. The van der Waals surface area contributed by atoms with Crippen molar-refractivity contribution in [3.8, 4) is 0 Å². The molecule has 2 heterocycles. The molecule has 3 nitrogen and oxygen atoms in total. The third-order valence-corrected chi connectivity index (χ3v) is 4.42. The summed E-state index contributed by atoms with van der Waals surface area (Å²) in [6.45, 7) is 5.15. The molecular formula is C12H15N3S2. The van der Waals surface area contributed by atoms with E-state index in [2.05, 4.69) is 46.6 Å². The van der Waals surface area contributed by atoms with Crippen molar-refractivity contribution < 1.29 is 0 Å².